The van der Waals surface area contributed by atoms with Crippen molar-refractivity contribution in [3.8, 4) is 0 Å². The van der Waals surface area contributed by atoms with Crippen molar-refractivity contribution >= 4 is 80.7 Å². The van der Waals surface area contributed by atoms with Crippen LogP contribution in [-0.4, -0.2) is 43.2 Å². The van der Waals surface area contributed by atoms with Crippen molar-refractivity contribution in [2.45, 2.75) is 6.42 Å². The van der Waals surface area contributed by atoms with Gasteiger partial charge in [-0.25, -0.2) is 4.98 Å². The van der Waals surface area contributed by atoms with Gasteiger partial charge in [-0.3, -0.25) is 0 Å². The van der Waals surface area contributed by atoms with Crippen molar-refractivity contribution in [3.05, 3.63) is 17.9 Å². The lowest BCUT2D eigenvalue weighted by Crippen LogP contribution is -2.26. The minimum Gasteiger partial charge on any atom is -0.356 e. The van der Waals surface area contributed by atoms with E-state index in [4.69, 9.17) is 0 Å². The summed E-state index contributed by atoms with van der Waals surface area (Å²) in [6.07, 6.45) is 1.04. The summed E-state index contributed by atoms with van der Waals surface area (Å²) in [7, 11) is 1.96. The van der Waals surface area contributed by atoms with Crippen molar-refractivity contribution < 1.29 is 0 Å². The molecule has 9 heteroatoms. The molecule has 0 aliphatic carbocycles. The number of anilines is 1. The molecule has 0 unspecified atom stereocenters. The highest BCUT2D eigenvalue weighted by Crippen LogP contribution is 2.42. The maximum Gasteiger partial charge on any atom is 0.201 e. The number of H-pyrrole nitrogens is 1. The monoisotopic (exact) mass is 559 g/mol. The Hall–Kier alpha value is 0.330. The van der Waals surface area contributed by atoms with Crippen LogP contribution in [0.5, 0.6) is 0 Å². The summed E-state index contributed by atoms with van der Waals surface area (Å²) >= 11 is 14.2. The third kappa shape index (κ3) is 4.45. The number of halogens is 4. The summed E-state index contributed by atoms with van der Waals surface area (Å²) in [4.78, 5) is 7.90. The third-order valence-electron chi connectivity index (χ3n) is 3.08. The zero-order chi connectivity index (χ0) is 16.1. The van der Waals surface area contributed by atoms with Gasteiger partial charge in [-0.2, -0.15) is 0 Å². The molecule has 22 heavy (non-hydrogen) atoms. The first-order chi connectivity index (χ1) is 10.6. The van der Waals surface area contributed by atoms with E-state index in [1.165, 1.54) is 0 Å². The van der Waals surface area contributed by atoms with E-state index in [1.807, 2.05) is 7.05 Å². The molecule has 0 fully saturated rings. The lowest BCUT2D eigenvalue weighted by atomic mass is 10.3. The molecule has 122 valence electrons. The second-order valence-corrected chi connectivity index (χ2v) is 7.87. The summed E-state index contributed by atoms with van der Waals surface area (Å²) in [5, 5.41) is 9.80. The van der Waals surface area contributed by atoms with Crippen LogP contribution in [0, 0.1) is 0 Å². The zero-order valence-electron chi connectivity index (χ0n) is 12.0. The quantitative estimate of drug-likeness (QED) is 0.221. The van der Waals surface area contributed by atoms with E-state index in [0.29, 0.717) is 0 Å². The third-order valence-corrected chi connectivity index (χ3v) is 7.83. The highest BCUT2D eigenvalue weighted by Gasteiger charge is 2.17. The van der Waals surface area contributed by atoms with Crippen LogP contribution >= 0.6 is 63.7 Å². The maximum absolute atomic E-state index is 4.60. The van der Waals surface area contributed by atoms with Crippen molar-refractivity contribution in [3.63, 3.8) is 0 Å². The van der Waals surface area contributed by atoms with Gasteiger partial charge in [-0.15, -0.1) is 0 Å². The molecule has 0 amide bonds. The Morgan fingerprint density at radius 1 is 0.909 bits per heavy atom. The highest BCUT2D eigenvalue weighted by molar-refractivity contribution is 9.15. The van der Waals surface area contributed by atoms with Gasteiger partial charge in [-0.1, -0.05) is 0 Å². The minimum atomic E-state index is 0.775. The largest absolute Gasteiger partial charge is 0.356 e. The Morgan fingerprint density at radius 2 is 1.64 bits per heavy atom. The number of benzene rings is 1. The molecule has 0 bridgehead atoms. The van der Waals surface area contributed by atoms with Gasteiger partial charge < -0.3 is 20.9 Å². The Kier molecular flexibility index (Phi) is 7.62. The number of nitrogens with one attached hydrogen (secondary N) is 4. The van der Waals surface area contributed by atoms with E-state index in [-0.39, 0.29) is 0 Å². The van der Waals surface area contributed by atoms with Gasteiger partial charge in [-0.05, 0) is 83.7 Å². The molecule has 1 aromatic heterocycles. The Balaban J connectivity index is 1.96. The Bertz CT molecular complexity index is 598. The number of likely N-dealkylation sites (N-methyl/N-ethyl adjacent to an activating group) is 1. The van der Waals surface area contributed by atoms with E-state index in [0.717, 1.165) is 67.5 Å². The van der Waals surface area contributed by atoms with Crippen molar-refractivity contribution in [2.75, 3.05) is 38.5 Å². The molecule has 1 heterocycles. The SMILES string of the molecule is CNCCNCCCNc1nc2c(Br)c(Br)c(Br)c(Br)c2[nH]1. The molecule has 2 rings (SSSR count). The van der Waals surface area contributed by atoms with Crippen molar-refractivity contribution in [2.24, 2.45) is 0 Å². The number of fused-ring (bicyclic) bond motifs is 1. The molecule has 0 saturated carbocycles. The maximum atomic E-state index is 4.60. The van der Waals surface area contributed by atoms with Crippen LogP contribution in [0.25, 0.3) is 11.0 Å². The molecular formula is C13H17Br4N5. The second-order valence-electron chi connectivity index (χ2n) is 4.70. The molecule has 2 aromatic rings. The van der Waals surface area contributed by atoms with Gasteiger partial charge in [0.15, 0.2) is 0 Å². The van der Waals surface area contributed by atoms with E-state index in [9.17, 15) is 0 Å². The predicted octanol–water partition coefficient (Wildman–Crippen LogP) is 4.22. The number of aromatic amines is 1. The minimum absolute atomic E-state index is 0.775. The topological polar surface area (TPSA) is 64.8 Å². The van der Waals surface area contributed by atoms with Crippen LogP contribution < -0.4 is 16.0 Å². The molecule has 0 saturated heterocycles. The van der Waals surface area contributed by atoms with Crippen molar-refractivity contribution in [1.29, 1.82) is 0 Å². The number of nitrogens with zero attached hydrogens (tertiary/aromatic N) is 1. The average molecular weight is 563 g/mol. The smallest absolute Gasteiger partial charge is 0.201 e. The summed E-state index contributed by atoms with van der Waals surface area (Å²) in [5.41, 5.74) is 1.84. The normalized spacial score (nSPS) is 11.3. The Labute approximate surface area is 163 Å². The van der Waals surface area contributed by atoms with Crippen LogP contribution in [0.15, 0.2) is 17.9 Å². The summed E-state index contributed by atoms with van der Waals surface area (Å²) in [6.45, 7) is 3.83. The predicted molar refractivity (Wildman–Crippen MR) is 107 cm³/mol. The highest BCUT2D eigenvalue weighted by atomic mass is 79.9. The van der Waals surface area contributed by atoms with Crippen molar-refractivity contribution in [1.82, 2.24) is 20.6 Å². The number of hydrogen-bond donors (Lipinski definition) is 4. The molecule has 5 nitrogen and oxygen atoms in total. The standard InChI is InChI=1S/C13H17Br4N5/c1-18-5-6-19-3-2-4-20-13-21-11-9(16)7(14)8(15)10(17)12(11)22-13/h18-19H,2-6H2,1H3,(H2,20,21,22). The van der Waals surface area contributed by atoms with E-state index < -0.39 is 0 Å². The summed E-state index contributed by atoms with van der Waals surface area (Å²) in [5.74, 6) is 0.775. The molecule has 0 aliphatic rings. The lowest BCUT2D eigenvalue weighted by Gasteiger charge is -2.04. The lowest BCUT2D eigenvalue weighted by molar-refractivity contribution is 0.633. The van der Waals surface area contributed by atoms with Crippen LogP contribution in [0.3, 0.4) is 0 Å². The fourth-order valence-corrected chi connectivity index (χ4v) is 4.22. The average Bonchev–Trinajstić information content (AvgIpc) is 2.94. The zero-order valence-corrected chi connectivity index (χ0v) is 18.3. The molecule has 0 spiro atoms. The summed E-state index contributed by atoms with van der Waals surface area (Å²) in [6, 6.07) is 0. The number of rotatable bonds is 8. The number of imidazole rings is 1. The van der Waals surface area contributed by atoms with Crippen LogP contribution in [-0.2, 0) is 0 Å². The number of hydrogen-bond acceptors (Lipinski definition) is 4. The van der Waals surface area contributed by atoms with Gasteiger partial charge in [0.2, 0.25) is 5.95 Å². The molecule has 0 radical (unpaired) electrons. The van der Waals surface area contributed by atoms with Gasteiger partial charge in [0.1, 0.15) is 5.52 Å². The fraction of sp³-hybridized carbons (Fsp3) is 0.462. The molecule has 4 N–H and O–H groups in total. The van der Waals surface area contributed by atoms with Gasteiger partial charge in [0.05, 0.1) is 14.5 Å². The van der Waals surface area contributed by atoms with E-state index in [1.54, 1.807) is 0 Å². The molecule has 0 atom stereocenters. The van der Waals surface area contributed by atoms with Gasteiger partial charge in [0.25, 0.3) is 0 Å². The molecule has 0 aliphatic heterocycles. The molecule has 1 aromatic carbocycles. The van der Waals surface area contributed by atoms with Crippen LogP contribution in [0.2, 0.25) is 0 Å². The van der Waals surface area contributed by atoms with E-state index in [2.05, 4.69) is 89.6 Å². The van der Waals surface area contributed by atoms with Crippen LogP contribution in [0.4, 0.5) is 5.95 Å². The Morgan fingerprint density at radius 3 is 2.36 bits per heavy atom. The van der Waals surface area contributed by atoms with E-state index >= 15 is 0 Å². The van der Waals surface area contributed by atoms with Crippen LogP contribution in [0.1, 0.15) is 6.42 Å². The molecular weight excluding hydrogens is 546 g/mol. The fourth-order valence-electron chi connectivity index (χ4n) is 1.94. The second kappa shape index (κ2) is 8.98. The first kappa shape index (κ1) is 18.7. The first-order valence-corrected chi connectivity index (χ1v) is 10.0. The first-order valence-electron chi connectivity index (χ1n) is 6.87. The van der Waals surface area contributed by atoms with Gasteiger partial charge >= 0.3 is 0 Å². The number of aromatic nitrogens is 2. The van der Waals surface area contributed by atoms with Gasteiger partial charge in [0, 0.05) is 28.6 Å². The summed E-state index contributed by atoms with van der Waals surface area (Å²) < 4.78 is 3.77.